The molecule has 0 aromatic heterocycles. The predicted octanol–water partition coefficient (Wildman–Crippen LogP) is 1.30. The lowest BCUT2D eigenvalue weighted by Crippen LogP contribution is -2.23. The second kappa shape index (κ2) is 6.99. The summed E-state index contributed by atoms with van der Waals surface area (Å²) in [6.07, 6.45) is 0.900. The van der Waals surface area contributed by atoms with Gasteiger partial charge in [0.1, 0.15) is 5.75 Å². The molecule has 0 saturated carbocycles. The van der Waals surface area contributed by atoms with Crippen LogP contribution in [0.3, 0.4) is 0 Å². The van der Waals surface area contributed by atoms with Gasteiger partial charge in [-0.05, 0) is 32.6 Å². The van der Waals surface area contributed by atoms with Gasteiger partial charge in [0, 0.05) is 32.4 Å². The molecule has 5 nitrogen and oxygen atoms in total. The number of amides is 1. The van der Waals surface area contributed by atoms with Gasteiger partial charge >= 0.3 is 0 Å². The maximum Gasteiger partial charge on any atom is 0.257 e. The highest BCUT2D eigenvalue weighted by Gasteiger charge is 2.14. The highest BCUT2D eigenvalue weighted by atomic mass is 16.5. The van der Waals surface area contributed by atoms with E-state index in [2.05, 4.69) is 4.90 Å². The molecule has 1 amide bonds. The number of ether oxygens (including phenoxy) is 1. The van der Waals surface area contributed by atoms with Crippen molar-refractivity contribution in [3.05, 3.63) is 23.8 Å². The van der Waals surface area contributed by atoms with Crippen molar-refractivity contribution in [1.29, 1.82) is 0 Å². The molecule has 0 spiro atoms. The van der Waals surface area contributed by atoms with Crippen LogP contribution in [-0.2, 0) is 0 Å². The molecule has 5 heteroatoms. The Hall–Kier alpha value is -1.75. The first-order chi connectivity index (χ1) is 8.91. The Morgan fingerprint density at radius 3 is 2.53 bits per heavy atom. The van der Waals surface area contributed by atoms with E-state index < -0.39 is 0 Å². The minimum absolute atomic E-state index is 0.0809. The number of anilines is 1. The number of nitrogen functional groups attached to an aromatic ring is 1. The molecule has 0 aliphatic carbocycles. The number of hydrogen-bond acceptors (Lipinski definition) is 4. The van der Waals surface area contributed by atoms with Crippen LogP contribution in [0.1, 0.15) is 16.8 Å². The third kappa shape index (κ3) is 4.79. The Morgan fingerprint density at radius 1 is 1.26 bits per heavy atom. The summed E-state index contributed by atoms with van der Waals surface area (Å²) in [5, 5.41) is 0. The van der Waals surface area contributed by atoms with Crippen LogP contribution in [0.25, 0.3) is 0 Å². The second-order valence-corrected chi connectivity index (χ2v) is 4.96. The summed E-state index contributed by atoms with van der Waals surface area (Å²) >= 11 is 0. The smallest absolute Gasteiger partial charge is 0.257 e. The van der Waals surface area contributed by atoms with Crippen LogP contribution >= 0.6 is 0 Å². The third-order valence-electron chi connectivity index (χ3n) is 2.65. The molecule has 0 heterocycles. The summed E-state index contributed by atoms with van der Waals surface area (Å²) < 4.78 is 5.69. The second-order valence-electron chi connectivity index (χ2n) is 4.96. The lowest BCUT2D eigenvalue weighted by molar-refractivity contribution is 0.0823. The molecule has 0 fully saturated rings. The van der Waals surface area contributed by atoms with Crippen molar-refractivity contribution in [3.63, 3.8) is 0 Å². The SMILES string of the molecule is CN(C)CCCOc1cc(N)ccc1C(=O)N(C)C. The summed E-state index contributed by atoms with van der Waals surface area (Å²) in [5.74, 6) is 0.472. The molecular formula is C14H23N3O2. The Bertz CT molecular complexity index is 431. The topological polar surface area (TPSA) is 58.8 Å². The van der Waals surface area contributed by atoms with Crippen LogP contribution in [-0.4, -0.2) is 57.0 Å². The lowest BCUT2D eigenvalue weighted by Gasteiger charge is -2.16. The first-order valence-corrected chi connectivity index (χ1v) is 6.30. The molecule has 2 N–H and O–H groups in total. The fourth-order valence-corrected chi connectivity index (χ4v) is 1.64. The zero-order valence-electron chi connectivity index (χ0n) is 12.1. The molecule has 0 aliphatic heterocycles. The van der Waals surface area contributed by atoms with Gasteiger partial charge in [0.25, 0.3) is 5.91 Å². The van der Waals surface area contributed by atoms with Crippen molar-refractivity contribution in [1.82, 2.24) is 9.80 Å². The fourth-order valence-electron chi connectivity index (χ4n) is 1.64. The Balaban J connectivity index is 2.74. The van der Waals surface area contributed by atoms with E-state index in [9.17, 15) is 4.79 Å². The molecule has 19 heavy (non-hydrogen) atoms. The molecule has 0 bridgehead atoms. The van der Waals surface area contributed by atoms with Crippen LogP contribution in [0.15, 0.2) is 18.2 Å². The van der Waals surface area contributed by atoms with Crippen molar-refractivity contribution < 1.29 is 9.53 Å². The molecular weight excluding hydrogens is 242 g/mol. The summed E-state index contributed by atoms with van der Waals surface area (Å²) in [5.41, 5.74) is 6.88. The Morgan fingerprint density at radius 2 is 1.95 bits per heavy atom. The number of nitrogens with two attached hydrogens (primary N) is 1. The van der Waals surface area contributed by atoms with Crippen LogP contribution in [0, 0.1) is 0 Å². The standard InChI is InChI=1S/C14H23N3O2/c1-16(2)8-5-9-19-13-10-11(15)6-7-12(13)14(18)17(3)4/h6-7,10H,5,8-9,15H2,1-4H3. The van der Waals surface area contributed by atoms with E-state index in [1.807, 2.05) is 14.1 Å². The monoisotopic (exact) mass is 265 g/mol. The van der Waals surface area contributed by atoms with Gasteiger partial charge in [-0.1, -0.05) is 0 Å². The Labute approximate surface area is 114 Å². The number of nitrogens with zero attached hydrogens (tertiary/aromatic N) is 2. The van der Waals surface area contributed by atoms with Crippen LogP contribution in [0.4, 0.5) is 5.69 Å². The van der Waals surface area contributed by atoms with E-state index in [0.29, 0.717) is 23.6 Å². The molecule has 0 unspecified atom stereocenters. The van der Waals surface area contributed by atoms with Gasteiger partial charge < -0.3 is 20.3 Å². The minimum atomic E-state index is -0.0809. The van der Waals surface area contributed by atoms with E-state index >= 15 is 0 Å². The first kappa shape index (κ1) is 15.3. The summed E-state index contributed by atoms with van der Waals surface area (Å²) in [7, 11) is 7.46. The molecule has 1 rings (SSSR count). The highest BCUT2D eigenvalue weighted by molar-refractivity contribution is 5.97. The summed E-state index contributed by atoms with van der Waals surface area (Å²) in [6, 6.07) is 5.12. The van der Waals surface area contributed by atoms with Crippen LogP contribution in [0.2, 0.25) is 0 Å². The maximum atomic E-state index is 12.0. The molecule has 106 valence electrons. The van der Waals surface area contributed by atoms with Gasteiger partial charge in [0.05, 0.1) is 12.2 Å². The zero-order valence-corrected chi connectivity index (χ0v) is 12.1. The average Bonchev–Trinajstić information content (AvgIpc) is 2.33. The predicted molar refractivity (Wildman–Crippen MR) is 77.5 cm³/mol. The zero-order chi connectivity index (χ0) is 14.4. The van der Waals surface area contributed by atoms with Gasteiger partial charge in [-0.15, -0.1) is 0 Å². The number of carbonyl (C=O) groups excluding carboxylic acids is 1. The van der Waals surface area contributed by atoms with E-state index in [1.54, 1.807) is 32.3 Å². The molecule has 1 aromatic carbocycles. The summed E-state index contributed by atoms with van der Waals surface area (Å²) in [4.78, 5) is 15.6. The largest absolute Gasteiger partial charge is 0.493 e. The van der Waals surface area contributed by atoms with E-state index in [4.69, 9.17) is 10.5 Å². The fraction of sp³-hybridized carbons (Fsp3) is 0.500. The van der Waals surface area contributed by atoms with Crippen molar-refractivity contribution in [2.75, 3.05) is 47.1 Å². The number of benzene rings is 1. The van der Waals surface area contributed by atoms with Gasteiger partial charge in [-0.3, -0.25) is 4.79 Å². The van der Waals surface area contributed by atoms with Gasteiger partial charge in [0.2, 0.25) is 0 Å². The molecule has 0 radical (unpaired) electrons. The van der Waals surface area contributed by atoms with Crippen LogP contribution in [0.5, 0.6) is 5.75 Å². The van der Waals surface area contributed by atoms with Crippen molar-refractivity contribution in [3.8, 4) is 5.75 Å². The molecule has 0 saturated heterocycles. The van der Waals surface area contributed by atoms with Gasteiger partial charge in [-0.25, -0.2) is 0 Å². The highest BCUT2D eigenvalue weighted by Crippen LogP contribution is 2.23. The molecule has 1 aromatic rings. The molecule has 0 atom stereocenters. The summed E-state index contributed by atoms with van der Waals surface area (Å²) in [6.45, 7) is 1.51. The number of rotatable bonds is 6. The quantitative estimate of drug-likeness (QED) is 0.622. The van der Waals surface area contributed by atoms with Crippen molar-refractivity contribution in [2.24, 2.45) is 0 Å². The van der Waals surface area contributed by atoms with E-state index in [1.165, 1.54) is 4.90 Å². The average molecular weight is 265 g/mol. The van der Waals surface area contributed by atoms with E-state index in [0.717, 1.165) is 13.0 Å². The minimum Gasteiger partial charge on any atom is -0.493 e. The van der Waals surface area contributed by atoms with E-state index in [-0.39, 0.29) is 5.91 Å². The Kier molecular flexibility index (Phi) is 5.63. The first-order valence-electron chi connectivity index (χ1n) is 6.30. The van der Waals surface area contributed by atoms with Crippen LogP contribution < -0.4 is 10.5 Å². The van der Waals surface area contributed by atoms with Crippen molar-refractivity contribution in [2.45, 2.75) is 6.42 Å². The number of hydrogen-bond donors (Lipinski definition) is 1. The maximum absolute atomic E-state index is 12.0. The third-order valence-corrected chi connectivity index (χ3v) is 2.65. The van der Waals surface area contributed by atoms with Crippen molar-refractivity contribution >= 4 is 11.6 Å². The normalized spacial score (nSPS) is 10.6. The lowest BCUT2D eigenvalue weighted by atomic mass is 10.1. The number of carbonyl (C=O) groups is 1. The van der Waals surface area contributed by atoms with Gasteiger partial charge in [-0.2, -0.15) is 0 Å². The van der Waals surface area contributed by atoms with Gasteiger partial charge in [0.15, 0.2) is 0 Å². The molecule has 0 aliphatic rings.